The van der Waals surface area contributed by atoms with Crippen molar-refractivity contribution < 1.29 is 0 Å². The van der Waals surface area contributed by atoms with Crippen LogP contribution in [0.25, 0.3) is 0 Å². The van der Waals surface area contributed by atoms with Gasteiger partial charge in [-0.2, -0.15) is 0 Å². The van der Waals surface area contributed by atoms with Gasteiger partial charge < -0.3 is 5.73 Å². The molecule has 0 heterocycles. The second-order valence-corrected chi connectivity index (χ2v) is 12.0. The van der Waals surface area contributed by atoms with E-state index < -0.39 is 0 Å². The molecule has 2 fully saturated rings. The highest BCUT2D eigenvalue weighted by molar-refractivity contribution is 5.41. The number of unbranched alkanes of at least 4 members (excludes halogenated alkanes) is 4. The highest BCUT2D eigenvalue weighted by atomic mass is 14.5. The molecule has 0 spiro atoms. The number of benzene rings is 2. The van der Waals surface area contributed by atoms with Gasteiger partial charge in [-0.15, -0.1) is 0 Å². The van der Waals surface area contributed by atoms with Gasteiger partial charge in [-0.05, 0) is 84.6 Å². The fourth-order valence-electron chi connectivity index (χ4n) is 6.88. The Labute approximate surface area is 216 Å². The summed E-state index contributed by atoms with van der Waals surface area (Å²) in [6, 6.07) is 17.8. The maximum Gasteiger partial charge on any atom is 0.0314 e. The Kier molecular flexibility index (Phi) is 10.6. The van der Waals surface area contributed by atoms with Crippen LogP contribution in [0.15, 0.2) is 48.5 Å². The third-order valence-electron chi connectivity index (χ3n) is 9.35. The van der Waals surface area contributed by atoms with E-state index in [-0.39, 0.29) is 0 Å². The highest BCUT2D eigenvalue weighted by Gasteiger charge is 2.25. The summed E-state index contributed by atoms with van der Waals surface area (Å²) in [5, 5.41) is 0. The van der Waals surface area contributed by atoms with Gasteiger partial charge in [0.1, 0.15) is 0 Å². The maximum absolute atomic E-state index is 5.82. The van der Waals surface area contributed by atoms with E-state index in [9.17, 15) is 0 Å². The van der Waals surface area contributed by atoms with Crippen LogP contribution in [0, 0.1) is 17.8 Å². The molecule has 1 heteroatoms. The molecule has 0 atom stereocenters. The Morgan fingerprint density at radius 1 is 0.571 bits per heavy atom. The maximum atomic E-state index is 5.82. The lowest BCUT2D eigenvalue weighted by Crippen LogP contribution is -2.18. The van der Waals surface area contributed by atoms with Crippen LogP contribution in [0.4, 0.5) is 5.69 Å². The molecule has 192 valence electrons. The molecule has 2 saturated carbocycles. The molecule has 2 N–H and O–H groups in total. The number of nitrogens with two attached hydrogens (primary N) is 1. The van der Waals surface area contributed by atoms with Crippen molar-refractivity contribution in [2.24, 2.45) is 17.8 Å². The van der Waals surface area contributed by atoms with Crippen LogP contribution in [0.5, 0.6) is 0 Å². The fourth-order valence-corrected chi connectivity index (χ4v) is 6.88. The van der Waals surface area contributed by atoms with Crippen molar-refractivity contribution in [3.63, 3.8) is 0 Å². The molecule has 2 aliphatic carbocycles. The third-order valence-corrected chi connectivity index (χ3v) is 9.35. The van der Waals surface area contributed by atoms with E-state index in [0.29, 0.717) is 0 Å². The van der Waals surface area contributed by atoms with Gasteiger partial charge >= 0.3 is 0 Å². The SMILES string of the molecule is CCCCCCCC1CCC(CCC2CCC(c3ccc(Cc4ccc(N)cc4)cc3)CC2)CC1. The molecular weight excluding hydrogens is 422 g/mol. The molecule has 0 unspecified atom stereocenters. The largest absolute Gasteiger partial charge is 0.399 e. The molecule has 1 nitrogen and oxygen atoms in total. The van der Waals surface area contributed by atoms with Crippen LogP contribution in [-0.2, 0) is 6.42 Å². The zero-order valence-corrected chi connectivity index (χ0v) is 22.5. The molecular formula is C34H51N. The van der Waals surface area contributed by atoms with E-state index in [2.05, 4.69) is 43.3 Å². The van der Waals surface area contributed by atoms with E-state index in [0.717, 1.165) is 35.8 Å². The summed E-state index contributed by atoms with van der Waals surface area (Å²) in [5.74, 6) is 3.87. The first-order valence-electron chi connectivity index (χ1n) is 15.1. The minimum atomic E-state index is 0.782. The summed E-state index contributed by atoms with van der Waals surface area (Å²) in [6.45, 7) is 2.32. The molecule has 0 aromatic heterocycles. The number of anilines is 1. The first-order chi connectivity index (χ1) is 17.2. The number of hydrogen-bond donors (Lipinski definition) is 1. The third kappa shape index (κ3) is 8.69. The summed E-state index contributed by atoms with van der Waals surface area (Å²) in [6.07, 6.45) is 24.6. The van der Waals surface area contributed by atoms with E-state index in [1.54, 1.807) is 5.56 Å². The monoisotopic (exact) mass is 473 g/mol. The van der Waals surface area contributed by atoms with Gasteiger partial charge in [0, 0.05) is 5.69 Å². The number of hydrogen-bond acceptors (Lipinski definition) is 1. The van der Waals surface area contributed by atoms with Gasteiger partial charge in [0.15, 0.2) is 0 Å². The zero-order chi connectivity index (χ0) is 24.3. The molecule has 0 radical (unpaired) electrons. The summed E-state index contributed by atoms with van der Waals surface area (Å²) < 4.78 is 0. The summed E-state index contributed by atoms with van der Waals surface area (Å²) in [4.78, 5) is 0. The Balaban J connectivity index is 1.10. The van der Waals surface area contributed by atoms with Crippen LogP contribution < -0.4 is 5.73 Å². The standard InChI is InChI=1S/C34H51N/c1-2-3-4-5-6-7-27-8-10-28(11-9-27)12-13-29-14-20-32(21-15-29)33-22-16-30(17-23-33)26-31-18-24-34(35)25-19-31/h16-19,22-25,27-29,32H,2-15,20-21,26,35H2,1H3. The fraction of sp³-hybridized carbons (Fsp3) is 0.647. The molecule has 0 aliphatic heterocycles. The van der Waals surface area contributed by atoms with Crippen molar-refractivity contribution in [1.82, 2.24) is 0 Å². The van der Waals surface area contributed by atoms with Gasteiger partial charge in [-0.3, -0.25) is 0 Å². The van der Waals surface area contributed by atoms with Crippen molar-refractivity contribution in [2.75, 3.05) is 5.73 Å². The molecule has 2 aromatic carbocycles. The van der Waals surface area contributed by atoms with Gasteiger partial charge in [-0.25, -0.2) is 0 Å². The predicted molar refractivity (Wildman–Crippen MR) is 153 cm³/mol. The van der Waals surface area contributed by atoms with Gasteiger partial charge in [0.05, 0.1) is 0 Å². The van der Waals surface area contributed by atoms with E-state index in [1.165, 1.54) is 114 Å². The second-order valence-electron chi connectivity index (χ2n) is 12.0. The Hall–Kier alpha value is -1.76. The van der Waals surface area contributed by atoms with Crippen LogP contribution in [0.1, 0.15) is 132 Å². The van der Waals surface area contributed by atoms with Gasteiger partial charge in [0.2, 0.25) is 0 Å². The highest BCUT2D eigenvalue weighted by Crippen LogP contribution is 2.40. The van der Waals surface area contributed by atoms with E-state index in [1.807, 2.05) is 12.1 Å². The molecule has 0 saturated heterocycles. The van der Waals surface area contributed by atoms with Crippen molar-refractivity contribution in [1.29, 1.82) is 0 Å². The minimum Gasteiger partial charge on any atom is -0.399 e. The molecule has 4 rings (SSSR count). The van der Waals surface area contributed by atoms with E-state index >= 15 is 0 Å². The Bertz CT molecular complexity index is 820. The average Bonchev–Trinajstić information content (AvgIpc) is 2.90. The topological polar surface area (TPSA) is 26.0 Å². The number of nitrogen functional groups attached to an aromatic ring is 1. The lowest BCUT2D eigenvalue weighted by atomic mass is 9.74. The Morgan fingerprint density at radius 2 is 1.06 bits per heavy atom. The lowest BCUT2D eigenvalue weighted by Gasteiger charge is -2.32. The molecule has 2 aromatic rings. The van der Waals surface area contributed by atoms with Crippen molar-refractivity contribution in [3.8, 4) is 0 Å². The number of rotatable bonds is 12. The van der Waals surface area contributed by atoms with Crippen LogP contribution in [0.2, 0.25) is 0 Å². The lowest BCUT2D eigenvalue weighted by molar-refractivity contribution is 0.222. The molecule has 2 aliphatic rings. The summed E-state index contributed by atoms with van der Waals surface area (Å²) in [7, 11) is 0. The molecule has 0 amide bonds. The van der Waals surface area contributed by atoms with Crippen molar-refractivity contribution in [2.45, 2.75) is 122 Å². The molecule has 0 bridgehead atoms. The zero-order valence-electron chi connectivity index (χ0n) is 22.5. The first kappa shape index (κ1) is 26.3. The predicted octanol–water partition coefficient (Wildman–Crippen LogP) is 10.1. The normalized spacial score (nSPS) is 24.9. The van der Waals surface area contributed by atoms with Crippen LogP contribution in [0.3, 0.4) is 0 Å². The minimum absolute atomic E-state index is 0.782. The second kappa shape index (κ2) is 14.1. The Morgan fingerprint density at radius 3 is 1.63 bits per heavy atom. The smallest absolute Gasteiger partial charge is 0.0314 e. The summed E-state index contributed by atoms with van der Waals surface area (Å²) >= 11 is 0. The molecule has 35 heavy (non-hydrogen) atoms. The quantitative estimate of drug-likeness (QED) is 0.241. The summed E-state index contributed by atoms with van der Waals surface area (Å²) in [5.41, 5.74) is 11.0. The van der Waals surface area contributed by atoms with E-state index in [4.69, 9.17) is 5.73 Å². The first-order valence-corrected chi connectivity index (χ1v) is 15.1. The van der Waals surface area contributed by atoms with Crippen molar-refractivity contribution in [3.05, 3.63) is 65.2 Å². The average molecular weight is 474 g/mol. The van der Waals surface area contributed by atoms with Crippen LogP contribution in [-0.4, -0.2) is 0 Å². The van der Waals surface area contributed by atoms with Gasteiger partial charge in [0.25, 0.3) is 0 Å². The van der Waals surface area contributed by atoms with Crippen molar-refractivity contribution >= 4 is 5.69 Å². The van der Waals surface area contributed by atoms with Crippen LogP contribution >= 0.6 is 0 Å². The van der Waals surface area contributed by atoms with Gasteiger partial charge in [-0.1, -0.05) is 120 Å².